The lowest BCUT2D eigenvalue weighted by molar-refractivity contribution is 0.514. The molecule has 0 N–H and O–H groups in total. The Bertz CT molecular complexity index is 784. The molecule has 2 aromatic rings. The summed E-state index contributed by atoms with van der Waals surface area (Å²) >= 11 is 1.16. The van der Waals surface area contributed by atoms with Crippen molar-refractivity contribution in [3.05, 3.63) is 34.8 Å². The van der Waals surface area contributed by atoms with Gasteiger partial charge in [0.15, 0.2) is 0 Å². The van der Waals surface area contributed by atoms with Gasteiger partial charge in [-0.15, -0.1) is 10.2 Å². The Labute approximate surface area is 134 Å². The van der Waals surface area contributed by atoms with E-state index >= 15 is 0 Å². The second-order valence-electron chi connectivity index (χ2n) is 6.02. The van der Waals surface area contributed by atoms with E-state index in [1.165, 1.54) is 11.3 Å². The van der Waals surface area contributed by atoms with Gasteiger partial charge in [-0.3, -0.25) is 0 Å². The standard InChI is InChI=1S/C15H19N3O2S2/c1-10(2)12-8-18(13-7-5-4-6-11(12)13)9-14-16-17-15(21-14)22(3,19)20/h4-7,10,12H,8-9H2,1-3H3/t12-/m0/s1. The largest absolute Gasteiger partial charge is 0.364 e. The summed E-state index contributed by atoms with van der Waals surface area (Å²) < 4.78 is 23.1. The summed E-state index contributed by atoms with van der Waals surface area (Å²) in [6, 6.07) is 8.42. The molecule has 0 bridgehead atoms. The van der Waals surface area contributed by atoms with Crippen LogP contribution in [0.15, 0.2) is 28.6 Å². The van der Waals surface area contributed by atoms with Gasteiger partial charge < -0.3 is 4.90 Å². The molecule has 1 aromatic carbocycles. The molecule has 2 heterocycles. The predicted octanol–water partition coefficient (Wildman–Crippen LogP) is 2.70. The Morgan fingerprint density at radius 1 is 1.32 bits per heavy atom. The van der Waals surface area contributed by atoms with Gasteiger partial charge in [0.1, 0.15) is 5.01 Å². The molecule has 5 nitrogen and oxygen atoms in total. The van der Waals surface area contributed by atoms with E-state index in [4.69, 9.17) is 0 Å². The van der Waals surface area contributed by atoms with Crippen molar-refractivity contribution in [2.45, 2.75) is 30.6 Å². The number of anilines is 1. The second kappa shape index (κ2) is 5.62. The lowest BCUT2D eigenvalue weighted by Gasteiger charge is -2.19. The van der Waals surface area contributed by atoms with Crippen LogP contribution in [0.1, 0.15) is 30.3 Å². The molecule has 1 aliphatic rings. The topological polar surface area (TPSA) is 63.2 Å². The van der Waals surface area contributed by atoms with Crippen molar-refractivity contribution < 1.29 is 8.42 Å². The molecule has 0 saturated carbocycles. The highest BCUT2D eigenvalue weighted by Gasteiger charge is 2.31. The first kappa shape index (κ1) is 15.4. The van der Waals surface area contributed by atoms with Crippen molar-refractivity contribution in [3.8, 4) is 0 Å². The van der Waals surface area contributed by atoms with Crippen LogP contribution in [0.3, 0.4) is 0 Å². The van der Waals surface area contributed by atoms with Crippen LogP contribution in [0.5, 0.6) is 0 Å². The quantitative estimate of drug-likeness (QED) is 0.858. The molecule has 0 aliphatic carbocycles. The minimum Gasteiger partial charge on any atom is -0.364 e. The fourth-order valence-corrected chi connectivity index (χ4v) is 4.53. The van der Waals surface area contributed by atoms with Gasteiger partial charge in [-0.05, 0) is 17.5 Å². The van der Waals surface area contributed by atoms with E-state index in [-0.39, 0.29) is 4.34 Å². The summed E-state index contributed by atoms with van der Waals surface area (Å²) in [7, 11) is -3.27. The lowest BCUT2D eigenvalue weighted by Crippen LogP contribution is -2.22. The Kier molecular flexibility index (Phi) is 3.94. The second-order valence-corrected chi connectivity index (χ2v) is 9.28. The van der Waals surface area contributed by atoms with Crippen molar-refractivity contribution in [1.82, 2.24) is 10.2 Å². The SMILES string of the molecule is CC(C)[C@@H]1CN(Cc2nnc(S(C)(=O)=O)s2)c2ccccc21. The Morgan fingerprint density at radius 3 is 2.68 bits per heavy atom. The molecule has 0 radical (unpaired) electrons. The molecule has 118 valence electrons. The number of sulfone groups is 1. The number of fused-ring (bicyclic) bond motifs is 1. The summed E-state index contributed by atoms with van der Waals surface area (Å²) in [6.45, 7) is 6.01. The Hall–Kier alpha value is -1.47. The highest BCUT2D eigenvalue weighted by atomic mass is 32.2. The van der Waals surface area contributed by atoms with Crippen LogP contribution < -0.4 is 4.90 Å². The molecule has 1 aliphatic heterocycles. The van der Waals surface area contributed by atoms with Crippen LogP contribution in [0.4, 0.5) is 5.69 Å². The summed E-state index contributed by atoms with van der Waals surface area (Å²) in [4.78, 5) is 2.27. The zero-order valence-corrected chi connectivity index (χ0v) is 14.5. The van der Waals surface area contributed by atoms with Crippen LogP contribution in [0.2, 0.25) is 0 Å². The van der Waals surface area contributed by atoms with Gasteiger partial charge >= 0.3 is 0 Å². The number of aromatic nitrogens is 2. The Morgan fingerprint density at radius 2 is 2.05 bits per heavy atom. The average Bonchev–Trinajstić information content (AvgIpc) is 3.04. The predicted molar refractivity (Wildman–Crippen MR) is 88.1 cm³/mol. The first-order valence-electron chi connectivity index (χ1n) is 7.22. The van der Waals surface area contributed by atoms with E-state index in [9.17, 15) is 8.42 Å². The molecule has 7 heteroatoms. The number of rotatable bonds is 4. The highest BCUT2D eigenvalue weighted by Crippen LogP contribution is 2.40. The normalized spacial score (nSPS) is 18.0. The van der Waals surface area contributed by atoms with Crippen LogP contribution in [-0.4, -0.2) is 31.4 Å². The van der Waals surface area contributed by atoms with Crippen molar-refractivity contribution in [3.63, 3.8) is 0 Å². The fourth-order valence-electron chi connectivity index (χ4n) is 2.86. The van der Waals surface area contributed by atoms with E-state index in [2.05, 4.69) is 47.1 Å². The first-order chi connectivity index (χ1) is 10.4. The van der Waals surface area contributed by atoms with Gasteiger partial charge in [-0.1, -0.05) is 43.4 Å². The molecule has 0 amide bonds. The molecule has 1 aromatic heterocycles. The molecule has 0 unspecified atom stereocenters. The van der Waals surface area contributed by atoms with Gasteiger partial charge in [0.05, 0.1) is 6.54 Å². The molecule has 3 rings (SSSR count). The summed E-state index contributed by atoms with van der Waals surface area (Å²) in [6.07, 6.45) is 1.16. The van der Waals surface area contributed by atoms with Gasteiger partial charge in [-0.2, -0.15) is 0 Å². The van der Waals surface area contributed by atoms with Crippen LogP contribution >= 0.6 is 11.3 Å². The third kappa shape index (κ3) is 2.87. The summed E-state index contributed by atoms with van der Waals surface area (Å²) in [5.41, 5.74) is 2.59. The van der Waals surface area contributed by atoms with Crippen molar-refractivity contribution >= 4 is 26.9 Å². The number of para-hydroxylation sites is 1. The minimum atomic E-state index is -3.27. The van der Waals surface area contributed by atoms with Crippen LogP contribution in [-0.2, 0) is 16.4 Å². The van der Waals surface area contributed by atoms with E-state index in [0.717, 1.165) is 29.1 Å². The third-order valence-electron chi connectivity index (χ3n) is 3.99. The van der Waals surface area contributed by atoms with Crippen LogP contribution in [0, 0.1) is 5.92 Å². The van der Waals surface area contributed by atoms with Gasteiger partial charge in [0.25, 0.3) is 0 Å². The molecule has 22 heavy (non-hydrogen) atoms. The first-order valence-corrected chi connectivity index (χ1v) is 9.93. The maximum absolute atomic E-state index is 11.5. The summed E-state index contributed by atoms with van der Waals surface area (Å²) in [5.74, 6) is 1.06. The number of hydrogen-bond donors (Lipinski definition) is 0. The van der Waals surface area contributed by atoms with E-state index < -0.39 is 9.84 Å². The van der Waals surface area contributed by atoms with Crippen molar-refractivity contribution in [1.29, 1.82) is 0 Å². The van der Waals surface area contributed by atoms with E-state index in [1.807, 2.05) is 6.07 Å². The molecule has 1 atom stereocenters. The molecular weight excluding hydrogens is 318 g/mol. The molecule has 0 spiro atoms. The number of hydrogen-bond acceptors (Lipinski definition) is 6. The molecule has 0 fully saturated rings. The van der Waals surface area contributed by atoms with Gasteiger partial charge in [0.2, 0.25) is 14.2 Å². The maximum atomic E-state index is 11.5. The average molecular weight is 337 g/mol. The Balaban J connectivity index is 1.86. The van der Waals surface area contributed by atoms with Gasteiger partial charge in [0, 0.05) is 24.4 Å². The van der Waals surface area contributed by atoms with E-state index in [1.54, 1.807) is 0 Å². The molecule has 0 saturated heterocycles. The van der Waals surface area contributed by atoms with Crippen molar-refractivity contribution in [2.75, 3.05) is 17.7 Å². The van der Waals surface area contributed by atoms with Crippen LogP contribution in [0.25, 0.3) is 0 Å². The fraction of sp³-hybridized carbons (Fsp3) is 0.467. The maximum Gasteiger partial charge on any atom is 0.232 e. The monoisotopic (exact) mass is 337 g/mol. The van der Waals surface area contributed by atoms with E-state index in [0.29, 0.717) is 18.4 Å². The zero-order valence-electron chi connectivity index (χ0n) is 12.9. The zero-order chi connectivity index (χ0) is 15.9. The minimum absolute atomic E-state index is 0.0930. The smallest absolute Gasteiger partial charge is 0.232 e. The summed E-state index contributed by atoms with van der Waals surface area (Å²) in [5, 5.41) is 8.57. The van der Waals surface area contributed by atoms with Crippen molar-refractivity contribution in [2.24, 2.45) is 5.92 Å². The lowest BCUT2D eigenvalue weighted by atomic mass is 9.90. The molecular formula is C15H19N3O2S2. The number of nitrogens with zero attached hydrogens (tertiary/aromatic N) is 3. The van der Waals surface area contributed by atoms with Gasteiger partial charge in [-0.25, -0.2) is 8.42 Å². The third-order valence-corrected chi connectivity index (χ3v) is 6.57. The highest BCUT2D eigenvalue weighted by molar-refractivity contribution is 7.92. The number of benzene rings is 1.